The number of esters is 1. The van der Waals surface area contributed by atoms with Gasteiger partial charge in [0, 0.05) is 35.6 Å². The Balaban J connectivity index is 1.68. The number of amides is 4. The van der Waals surface area contributed by atoms with E-state index in [0.717, 1.165) is 11.3 Å². The Morgan fingerprint density at radius 1 is 1.10 bits per heavy atom. The number of nitrogens with one attached hydrogen (secondary N) is 3. The predicted molar refractivity (Wildman–Crippen MR) is 111 cm³/mol. The van der Waals surface area contributed by atoms with E-state index < -0.39 is 11.9 Å². The SMILES string of the molecule is COC(=O)CNC(=O)c1cccc(NC(=O)c2ccc(N3CCNC3=O)c(C)c2)c1. The highest BCUT2D eigenvalue weighted by molar-refractivity contribution is 6.06. The van der Waals surface area contributed by atoms with Gasteiger partial charge >= 0.3 is 12.0 Å². The Kier molecular flexibility index (Phi) is 6.31. The molecule has 4 amide bonds. The van der Waals surface area contributed by atoms with Crippen LogP contribution in [0.1, 0.15) is 26.3 Å². The van der Waals surface area contributed by atoms with E-state index in [-0.39, 0.29) is 18.5 Å². The van der Waals surface area contributed by atoms with Gasteiger partial charge in [-0.2, -0.15) is 0 Å². The van der Waals surface area contributed by atoms with Crippen LogP contribution in [0.3, 0.4) is 0 Å². The third-order valence-corrected chi connectivity index (χ3v) is 4.61. The van der Waals surface area contributed by atoms with E-state index >= 15 is 0 Å². The molecule has 9 nitrogen and oxygen atoms in total. The Hall–Kier alpha value is -3.88. The second-order valence-electron chi connectivity index (χ2n) is 6.68. The van der Waals surface area contributed by atoms with Crippen molar-refractivity contribution in [3.8, 4) is 0 Å². The number of rotatable bonds is 6. The van der Waals surface area contributed by atoms with Gasteiger partial charge in [0.15, 0.2) is 0 Å². The van der Waals surface area contributed by atoms with Crippen molar-refractivity contribution in [3.05, 3.63) is 59.2 Å². The average molecular weight is 410 g/mol. The number of ether oxygens (including phenoxy) is 1. The molecule has 1 heterocycles. The van der Waals surface area contributed by atoms with Crippen LogP contribution < -0.4 is 20.9 Å². The zero-order valence-electron chi connectivity index (χ0n) is 16.7. The highest BCUT2D eigenvalue weighted by atomic mass is 16.5. The molecule has 0 bridgehead atoms. The first kappa shape index (κ1) is 20.8. The number of hydrogen-bond acceptors (Lipinski definition) is 5. The largest absolute Gasteiger partial charge is 0.468 e. The maximum absolute atomic E-state index is 12.6. The molecule has 156 valence electrons. The monoisotopic (exact) mass is 410 g/mol. The van der Waals surface area contributed by atoms with Crippen LogP contribution in [0.2, 0.25) is 0 Å². The normalized spacial score (nSPS) is 12.9. The second kappa shape index (κ2) is 9.08. The molecular weight excluding hydrogens is 388 g/mol. The number of carbonyl (C=O) groups excluding carboxylic acids is 4. The maximum atomic E-state index is 12.6. The Labute approximate surface area is 173 Å². The van der Waals surface area contributed by atoms with E-state index in [4.69, 9.17) is 0 Å². The quantitative estimate of drug-likeness (QED) is 0.627. The number of carbonyl (C=O) groups is 4. The summed E-state index contributed by atoms with van der Waals surface area (Å²) in [4.78, 5) is 49.4. The van der Waals surface area contributed by atoms with Crippen LogP contribution in [0.4, 0.5) is 16.2 Å². The standard InChI is InChI=1S/C21H22N4O5/c1-13-10-15(6-7-17(13)25-9-8-22-21(25)29)20(28)24-16-5-3-4-14(11-16)19(27)23-12-18(26)30-2/h3-7,10-11H,8-9,12H2,1-2H3,(H,22,29)(H,23,27)(H,24,28). The third-order valence-electron chi connectivity index (χ3n) is 4.61. The van der Waals surface area contributed by atoms with Gasteiger partial charge in [-0.3, -0.25) is 19.3 Å². The molecule has 0 unspecified atom stereocenters. The van der Waals surface area contributed by atoms with Crippen LogP contribution in [-0.2, 0) is 9.53 Å². The first-order valence-electron chi connectivity index (χ1n) is 9.31. The summed E-state index contributed by atoms with van der Waals surface area (Å²) in [5.74, 6) is -1.36. The van der Waals surface area contributed by atoms with E-state index in [0.29, 0.717) is 29.9 Å². The summed E-state index contributed by atoms with van der Waals surface area (Å²) >= 11 is 0. The molecule has 9 heteroatoms. The zero-order chi connectivity index (χ0) is 21.7. The van der Waals surface area contributed by atoms with Crippen molar-refractivity contribution in [2.24, 2.45) is 0 Å². The van der Waals surface area contributed by atoms with E-state index in [1.807, 2.05) is 6.92 Å². The summed E-state index contributed by atoms with van der Waals surface area (Å²) in [6.07, 6.45) is 0. The van der Waals surface area contributed by atoms with Crippen molar-refractivity contribution in [1.82, 2.24) is 10.6 Å². The molecule has 1 fully saturated rings. The summed E-state index contributed by atoms with van der Waals surface area (Å²) in [7, 11) is 1.23. The molecule has 2 aromatic carbocycles. The Morgan fingerprint density at radius 2 is 1.87 bits per heavy atom. The first-order chi connectivity index (χ1) is 14.4. The zero-order valence-corrected chi connectivity index (χ0v) is 16.7. The van der Waals surface area contributed by atoms with Crippen molar-refractivity contribution >= 4 is 35.2 Å². The van der Waals surface area contributed by atoms with Gasteiger partial charge in [-0.1, -0.05) is 6.07 Å². The molecular formula is C21H22N4O5. The van der Waals surface area contributed by atoms with E-state index in [1.54, 1.807) is 41.3 Å². The highest BCUT2D eigenvalue weighted by Crippen LogP contribution is 2.23. The van der Waals surface area contributed by atoms with Crippen molar-refractivity contribution in [2.75, 3.05) is 37.0 Å². The molecule has 0 aliphatic carbocycles. The van der Waals surface area contributed by atoms with Crippen molar-refractivity contribution in [1.29, 1.82) is 0 Å². The van der Waals surface area contributed by atoms with Gasteiger partial charge in [0.1, 0.15) is 6.54 Å². The molecule has 0 aromatic heterocycles. The number of anilines is 2. The van der Waals surface area contributed by atoms with E-state index in [2.05, 4.69) is 20.7 Å². The molecule has 3 rings (SSSR count). The lowest BCUT2D eigenvalue weighted by Crippen LogP contribution is -2.30. The lowest BCUT2D eigenvalue weighted by atomic mass is 10.1. The molecule has 1 aliphatic heterocycles. The van der Waals surface area contributed by atoms with Crippen molar-refractivity contribution in [3.63, 3.8) is 0 Å². The lowest BCUT2D eigenvalue weighted by Gasteiger charge is -2.17. The minimum Gasteiger partial charge on any atom is -0.468 e. The van der Waals surface area contributed by atoms with Crippen molar-refractivity contribution in [2.45, 2.75) is 6.92 Å². The van der Waals surface area contributed by atoms with Crippen LogP contribution in [0, 0.1) is 6.92 Å². The van der Waals surface area contributed by atoms with E-state index in [1.165, 1.54) is 13.2 Å². The summed E-state index contributed by atoms with van der Waals surface area (Å²) in [5.41, 5.74) is 2.72. The lowest BCUT2D eigenvalue weighted by molar-refractivity contribution is -0.139. The molecule has 0 spiro atoms. The van der Waals surface area contributed by atoms with Gasteiger partial charge < -0.3 is 20.7 Å². The number of benzene rings is 2. The molecule has 0 radical (unpaired) electrons. The van der Waals surface area contributed by atoms with Gasteiger partial charge in [0.25, 0.3) is 11.8 Å². The molecule has 2 aromatic rings. The second-order valence-corrected chi connectivity index (χ2v) is 6.68. The molecule has 30 heavy (non-hydrogen) atoms. The van der Waals surface area contributed by atoms with E-state index in [9.17, 15) is 19.2 Å². The minimum absolute atomic E-state index is 0.155. The van der Waals surface area contributed by atoms with Gasteiger partial charge in [0.2, 0.25) is 0 Å². The van der Waals surface area contributed by atoms with Crippen LogP contribution in [-0.4, -0.2) is 50.6 Å². The topological polar surface area (TPSA) is 117 Å². The van der Waals surface area contributed by atoms with Gasteiger partial charge in [-0.15, -0.1) is 0 Å². The molecule has 0 atom stereocenters. The Bertz CT molecular complexity index is 1000. The van der Waals surface area contributed by atoms with Crippen LogP contribution in [0.5, 0.6) is 0 Å². The van der Waals surface area contributed by atoms with Gasteiger partial charge in [0.05, 0.1) is 7.11 Å². The fourth-order valence-electron chi connectivity index (χ4n) is 3.07. The van der Waals surface area contributed by atoms with Crippen LogP contribution in [0.15, 0.2) is 42.5 Å². The number of urea groups is 1. The highest BCUT2D eigenvalue weighted by Gasteiger charge is 2.23. The number of aryl methyl sites for hydroxylation is 1. The fourth-order valence-corrected chi connectivity index (χ4v) is 3.07. The summed E-state index contributed by atoms with van der Waals surface area (Å²) in [6.45, 7) is 2.76. The number of nitrogens with zero attached hydrogens (tertiary/aromatic N) is 1. The summed E-state index contributed by atoms with van der Waals surface area (Å²) < 4.78 is 4.48. The fraction of sp³-hybridized carbons (Fsp3) is 0.238. The van der Waals surface area contributed by atoms with Gasteiger partial charge in [-0.25, -0.2) is 4.79 Å². The predicted octanol–water partition coefficient (Wildman–Crippen LogP) is 1.68. The minimum atomic E-state index is -0.557. The van der Waals surface area contributed by atoms with Crippen LogP contribution >= 0.6 is 0 Å². The summed E-state index contributed by atoms with van der Waals surface area (Å²) in [5, 5.41) is 7.94. The molecule has 1 aliphatic rings. The van der Waals surface area contributed by atoms with Gasteiger partial charge in [-0.05, 0) is 48.9 Å². The number of methoxy groups -OCH3 is 1. The van der Waals surface area contributed by atoms with Crippen molar-refractivity contribution < 1.29 is 23.9 Å². The molecule has 1 saturated heterocycles. The molecule has 3 N–H and O–H groups in total. The smallest absolute Gasteiger partial charge is 0.325 e. The summed E-state index contributed by atoms with van der Waals surface area (Å²) in [6, 6.07) is 11.3. The average Bonchev–Trinajstić information content (AvgIpc) is 3.17. The first-order valence-corrected chi connectivity index (χ1v) is 9.31. The maximum Gasteiger partial charge on any atom is 0.325 e. The third kappa shape index (κ3) is 4.75. The van der Waals surface area contributed by atoms with Crippen LogP contribution in [0.25, 0.3) is 0 Å². The number of hydrogen-bond donors (Lipinski definition) is 3. The Morgan fingerprint density at radius 3 is 2.53 bits per heavy atom. The molecule has 0 saturated carbocycles.